The Balaban J connectivity index is 2.48. The minimum absolute atomic E-state index is 0.188. The highest BCUT2D eigenvalue weighted by atomic mass is 16.1. The number of hydrogen-bond acceptors (Lipinski definition) is 3. The molecule has 0 atom stereocenters. The van der Waals surface area contributed by atoms with E-state index in [4.69, 9.17) is 0 Å². The zero-order valence-electron chi connectivity index (χ0n) is 7.62. The molecule has 0 unspecified atom stereocenters. The van der Waals surface area contributed by atoms with E-state index < -0.39 is 0 Å². The third-order valence-corrected chi connectivity index (χ3v) is 2.41. The average molecular weight is 187 g/mol. The molecule has 0 saturated carbocycles. The Morgan fingerprint density at radius 2 is 2.14 bits per heavy atom. The fourth-order valence-corrected chi connectivity index (χ4v) is 1.76. The van der Waals surface area contributed by atoms with Crippen molar-refractivity contribution in [3.05, 3.63) is 29.3 Å². The van der Waals surface area contributed by atoms with Crippen molar-refractivity contribution in [3.63, 3.8) is 0 Å². The van der Waals surface area contributed by atoms with Crippen molar-refractivity contribution >= 4 is 17.6 Å². The summed E-state index contributed by atoms with van der Waals surface area (Å²) >= 11 is 0. The number of nitrogens with zero attached hydrogens (tertiary/aromatic N) is 1. The van der Waals surface area contributed by atoms with E-state index in [0.717, 1.165) is 24.0 Å². The van der Waals surface area contributed by atoms with Gasteiger partial charge in [0.05, 0.1) is 5.69 Å². The van der Waals surface area contributed by atoms with E-state index in [1.165, 1.54) is 6.08 Å². The lowest BCUT2D eigenvalue weighted by Crippen LogP contribution is -2.09. The van der Waals surface area contributed by atoms with Crippen molar-refractivity contribution in [2.75, 3.05) is 0 Å². The predicted octanol–water partition coefficient (Wildman–Crippen LogP) is 2.17. The van der Waals surface area contributed by atoms with E-state index >= 15 is 0 Å². The van der Waals surface area contributed by atoms with Gasteiger partial charge in [0.15, 0.2) is 5.78 Å². The smallest absolute Gasteiger partial charge is 0.240 e. The number of isocyanates is 1. The Kier molecular flexibility index (Phi) is 2.25. The van der Waals surface area contributed by atoms with Gasteiger partial charge in [0.2, 0.25) is 6.08 Å². The first kappa shape index (κ1) is 8.85. The van der Waals surface area contributed by atoms with Crippen LogP contribution in [0.2, 0.25) is 0 Å². The minimum Gasteiger partial charge on any atom is -0.294 e. The Bertz CT molecular complexity index is 431. The number of aryl methyl sites for hydroxylation is 1. The normalized spacial score (nSPS) is 14.4. The first-order valence-corrected chi connectivity index (χ1v) is 4.55. The van der Waals surface area contributed by atoms with Gasteiger partial charge in [-0.05, 0) is 36.6 Å². The van der Waals surface area contributed by atoms with Gasteiger partial charge in [-0.1, -0.05) is 0 Å². The van der Waals surface area contributed by atoms with Crippen LogP contribution in [-0.4, -0.2) is 11.9 Å². The van der Waals surface area contributed by atoms with Crippen LogP contribution in [0.5, 0.6) is 0 Å². The predicted molar refractivity (Wildman–Crippen MR) is 51.5 cm³/mol. The van der Waals surface area contributed by atoms with Crippen molar-refractivity contribution < 1.29 is 9.59 Å². The number of fused-ring (bicyclic) bond motifs is 1. The fraction of sp³-hybridized carbons (Fsp3) is 0.273. The van der Waals surface area contributed by atoms with Crippen LogP contribution in [0.4, 0.5) is 5.69 Å². The van der Waals surface area contributed by atoms with Crippen LogP contribution in [-0.2, 0) is 11.2 Å². The molecule has 0 aliphatic heterocycles. The minimum atomic E-state index is 0.188. The molecule has 14 heavy (non-hydrogen) atoms. The van der Waals surface area contributed by atoms with E-state index in [2.05, 4.69) is 4.99 Å². The van der Waals surface area contributed by atoms with Crippen LogP contribution in [0.3, 0.4) is 0 Å². The molecule has 1 aromatic carbocycles. The van der Waals surface area contributed by atoms with E-state index in [-0.39, 0.29) is 5.78 Å². The topological polar surface area (TPSA) is 46.5 Å². The van der Waals surface area contributed by atoms with Gasteiger partial charge in [0.1, 0.15) is 0 Å². The Hall–Kier alpha value is -1.73. The number of carbonyl (C=O) groups excluding carboxylic acids is 2. The molecule has 0 amide bonds. The van der Waals surface area contributed by atoms with Gasteiger partial charge in [0.25, 0.3) is 0 Å². The summed E-state index contributed by atoms with van der Waals surface area (Å²) in [5, 5.41) is 0. The molecule has 0 bridgehead atoms. The molecule has 0 N–H and O–H groups in total. The van der Waals surface area contributed by atoms with Crippen LogP contribution >= 0.6 is 0 Å². The van der Waals surface area contributed by atoms with Crippen LogP contribution in [0.25, 0.3) is 0 Å². The Labute approximate surface area is 81.5 Å². The molecule has 0 spiro atoms. The SMILES string of the molecule is O=C=Nc1ccc2c(c1)CCCC2=O. The molecular formula is C11H9NO2. The summed E-state index contributed by atoms with van der Waals surface area (Å²) in [6.07, 6.45) is 3.90. The van der Waals surface area contributed by atoms with Gasteiger partial charge in [-0.3, -0.25) is 4.79 Å². The number of rotatable bonds is 1. The van der Waals surface area contributed by atoms with Crippen LogP contribution in [0.1, 0.15) is 28.8 Å². The molecule has 3 nitrogen and oxygen atoms in total. The number of Topliss-reactive ketones (excluding diaryl/α,β-unsaturated/α-hetero) is 1. The number of benzene rings is 1. The highest BCUT2D eigenvalue weighted by Gasteiger charge is 2.16. The van der Waals surface area contributed by atoms with E-state index in [9.17, 15) is 9.59 Å². The fourth-order valence-electron chi connectivity index (χ4n) is 1.76. The molecule has 3 heteroatoms. The molecule has 70 valence electrons. The Morgan fingerprint density at radius 1 is 1.29 bits per heavy atom. The molecule has 1 aliphatic rings. The number of hydrogen-bond donors (Lipinski definition) is 0. The summed E-state index contributed by atoms with van der Waals surface area (Å²) < 4.78 is 0. The highest BCUT2D eigenvalue weighted by molar-refractivity contribution is 5.98. The van der Waals surface area contributed by atoms with E-state index in [0.29, 0.717) is 12.1 Å². The van der Waals surface area contributed by atoms with Crippen molar-refractivity contribution in [2.24, 2.45) is 4.99 Å². The summed E-state index contributed by atoms with van der Waals surface area (Å²) in [5.74, 6) is 0.188. The second-order valence-electron chi connectivity index (χ2n) is 3.32. The van der Waals surface area contributed by atoms with Gasteiger partial charge >= 0.3 is 0 Å². The summed E-state index contributed by atoms with van der Waals surface area (Å²) in [6, 6.07) is 5.21. The second kappa shape index (κ2) is 3.56. The number of ketones is 1. The van der Waals surface area contributed by atoms with Gasteiger partial charge in [-0.15, -0.1) is 0 Å². The monoisotopic (exact) mass is 187 g/mol. The first-order valence-electron chi connectivity index (χ1n) is 4.55. The molecule has 2 rings (SSSR count). The number of carbonyl (C=O) groups is 1. The summed E-state index contributed by atoms with van der Waals surface area (Å²) in [6.45, 7) is 0. The molecule has 0 fully saturated rings. The molecule has 0 radical (unpaired) electrons. The molecule has 0 saturated heterocycles. The third kappa shape index (κ3) is 1.50. The van der Waals surface area contributed by atoms with Crippen molar-refractivity contribution in [3.8, 4) is 0 Å². The lowest BCUT2D eigenvalue weighted by molar-refractivity contribution is 0.0972. The van der Waals surface area contributed by atoms with Crippen molar-refractivity contribution in [1.82, 2.24) is 0 Å². The summed E-state index contributed by atoms with van der Waals surface area (Å²) in [7, 11) is 0. The average Bonchev–Trinajstić information content (AvgIpc) is 2.18. The van der Waals surface area contributed by atoms with Crippen molar-refractivity contribution in [1.29, 1.82) is 0 Å². The van der Waals surface area contributed by atoms with Crippen LogP contribution < -0.4 is 0 Å². The van der Waals surface area contributed by atoms with Gasteiger partial charge in [-0.2, -0.15) is 4.99 Å². The first-order chi connectivity index (χ1) is 6.81. The lowest BCUT2D eigenvalue weighted by atomic mass is 9.90. The standard InChI is InChI=1S/C11H9NO2/c13-7-12-9-4-5-10-8(6-9)2-1-3-11(10)14/h4-6H,1-3H2. The maximum absolute atomic E-state index is 11.4. The number of aliphatic imine (C=N–C) groups is 1. The maximum atomic E-state index is 11.4. The second-order valence-corrected chi connectivity index (χ2v) is 3.32. The van der Waals surface area contributed by atoms with Crippen molar-refractivity contribution in [2.45, 2.75) is 19.3 Å². The zero-order valence-corrected chi connectivity index (χ0v) is 7.62. The largest absolute Gasteiger partial charge is 0.294 e. The summed E-state index contributed by atoms with van der Waals surface area (Å²) in [5.41, 5.74) is 2.35. The molecule has 0 heterocycles. The molecule has 1 aliphatic carbocycles. The quantitative estimate of drug-likeness (QED) is 0.499. The zero-order chi connectivity index (χ0) is 9.97. The van der Waals surface area contributed by atoms with E-state index in [1.54, 1.807) is 18.2 Å². The highest BCUT2D eigenvalue weighted by Crippen LogP contribution is 2.25. The molecular weight excluding hydrogens is 178 g/mol. The van der Waals surface area contributed by atoms with Crippen LogP contribution in [0.15, 0.2) is 23.2 Å². The Morgan fingerprint density at radius 3 is 2.93 bits per heavy atom. The summed E-state index contributed by atoms with van der Waals surface area (Å²) in [4.78, 5) is 25.0. The van der Waals surface area contributed by atoms with Crippen LogP contribution in [0, 0.1) is 0 Å². The lowest BCUT2D eigenvalue weighted by Gasteiger charge is -2.13. The van der Waals surface area contributed by atoms with Gasteiger partial charge in [-0.25, -0.2) is 4.79 Å². The van der Waals surface area contributed by atoms with Gasteiger partial charge in [0, 0.05) is 12.0 Å². The van der Waals surface area contributed by atoms with E-state index in [1.807, 2.05) is 0 Å². The molecule has 0 aromatic heterocycles. The maximum Gasteiger partial charge on any atom is 0.240 e. The third-order valence-electron chi connectivity index (χ3n) is 2.41. The van der Waals surface area contributed by atoms with Gasteiger partial charge < -0.3 is 0 Å². The molecule has 1 aromatic rings.